The zero-order chi connectivity index (χ0) is 31.8. The maximum Gasteiger partial charge on any atom is 0.416 e. The number of alkyl halides is 3. The normalized spacial score (nSPS) is 17.8. The van der Waals surface area contributed by atoms with E-state index in [9.17, 15) is 22.8 Å². The number of likely N-dealkylation sites (tertiary alicyclic amines) is 1. The highest BCUT2D eigenvalue weighted by atomic mass is 127. The van der Waals surface area contributed by atoms with Gasteiger partial charge in [-0.1, -0.05) is 12.1 Å². The highest BCUT2D eigenvalue weighted by Crippen LogP contribution is 2.34. The Morgan fingerprint density at radius 1 is 1.16 bits per heavy atom. The summed E-state index contributed by atoms with van der Waals surface area (Å²) in [5, 5.41) is 7.79. The van der Waals surface area contributed by atoms with Crippen LogP contribution in [-0.4, -0.2) is 76.0 Å². The molecule has 2 amide bonds. The second-order valence-corrected chi connectivity index (χ2v) is 13.2. The van der Waals surface area contributed by atoms with Gasteiger partial charge in [0.2, 0.25) is 5.91 Å². The first-order valence-corrected chi connectivity index (χ1v) is 15.6. The molecule has 2 aromatic heterocycles. The topological polar surface area (TPSA) is 101 Å². The van der Waals surface area contributed by atoms with Crippen molar-refractivity contribution in [1.29, 1.82) is 0 Å². The Kier molecular flexibility index (Phi) is 9.31. The van der Waals surface area contributed by atoms with Crippen LogP contribution in [0.3, 0.4) is 0 Å². The van der Waals surface area contributed by atoms with E-state index in [2.05, 4.69) is 32.8 Å². The average Bonchev–Trinajstić information content (AvgIpc) is 3.58. The lowest BCUT2D eigenvalue weighted by molar-refractivity contribution is -0.138. The molecule has 5 rings (SSSR count). The Bertz CT molecular complexity index is 1550. The van der Waals surface area contributed by atoms with E-state index in [-0.39, 0.29) is 24.4 Å². The summed E-state index contributed by atoms with van der Waals surface area (Å²) in [6.07, 6.45) is -3.76. The smallest absolute Gasteiger partial charge is 0.416 e. The molecule has 1 aromatic carbocycles. The van der Waals surface area contributed by atoms with Crippen molar-refractivity contribution in [2.45, 2.75) is 71.3 Å². The number of aromatic nitrogens is 3. The number of rotatable bonds is 6. The molecule has 14 heteroatoms. The molecule has 0 spiro atoms. The number of hydrogen-bond donors (Lipinski definition) is 1. The van der Waals surface area contributed by atoms with Crippen molar-refractivity contribution in [1.82, 2.24) is 24.8 Å². The minimum Gasteiger partial charge on any atom is -0.444 e. The molecule has 0 radical (unpaired) electrons. The Hall–Kier alpha value is -3.14. The molecular weight excluding hydrogens is 692 g/mol. The van der Waals surface area contributed by atoms with Gasteiger partial charge in [-0.15, -0.1) is 5.10 Å². The molecule has 0 bridgehead atoms. The van der Waals surface area contributed by atoms with Crippen molar-refractivity contribution in [2.75, 3.05) is 37.7 Å². The SMILES string of the molecule is Cc1c(Cc2c(CNC(=O)[C@H]3CCCN3C(=O)OC(C)(C)C)nc3c(I)cc(N4CCOCC4)nn23)cccc1C(F)(F)F. The van der Waals surface area contributed by atoms with Gasteiger partial charge in [0.1, 0.15) is 11.6 Å². The van der Waals surface area contributed by atoms with Gasteiger partial charge in [0.05, 0.1) is 40.3 Å². The predicted octanol–water partition coefficient (Wildman–Crippen LogP) is 5.10. The summed E-state index contributed by atoms with van der Waals surface area (Å²) in [6.45, 7) is 9.64. The molecule has 44 heavy (non-hydrogen) atoms. The summed E-state index contributed by atoms with van der Waals surface area (Å²) < 4.78 is 54.7. The van der Waals surface area contributed by atoms with Gasteiger partial charge in [-0.05, 0) is 86.4 Å². The maximum absolute atomic E-state index is 13.8. The third kappa shape index (κ3) is 7.05. The van der Waals surface area contributed by atoms with Gasteiger partial charge in [0, 0.05) is 26.1 Å². The van der Waals surface area contributed by atoms with Crippen molar-refractivity contribution in [3.63, 3.8) is 0 Å². The van der Waals surface area contributed by atoms with E-state index >= 15 is 0 Å². The number of ether oxygens (including phenoxy) is 2. The summed E-state index contributed by atoms with van der Waals surface area (Å²) in [7, 11) is 0. The van der Waals surface area contributed by atoms with Gasteiger partial charge in [-0.2, -0.15) is 13.2 Å². The second-order valence-electron chi connectivity index (χ2n) is 12.0. The largest absolute Gasteiger partial charge is 0.444 e. The monoisotopic (exact) mass is 728 g/mol. The molecule has 2 aliphatic rings. The first-order valence-electron chi connectivity index (χ1n) is 14.6. The van der Waals surface area contributed by atoms with Crippen LogP contribution in [0, 0.1) is 10.5 Å². The van der Waals surface area contributed by atoms with Crippen molar-refractivity contribution in [3.8, 4) is 0 Å². The van der Waals surface area contributed by atoms with Crippen molar-refractivity contribution in [3.05, 3.63) is 55.9 Å². The molecule has 1 N–H and O–H groups in total. The maximum atomic E-state index is 13.8. The number of amides is 2. The minimum atomic E-state index is -4.49. The number of nitrogens with zero attached hydrogens (tertiary/aromatic N) is 5. The van der Waals surface area contributed by atoms with Crippen LogP contribution in [0.5, 0.6) is 0 Å². The Balaban J connectivity index is 1.48. The van der Waals surface area contributed by atoms with Crippen LogP contribution in [0.15, 0.2) is 24.3 Å². The fraction of sp³-hybridized carbons (Fsp3) is 0.533. The molecule has 1 atom stereocenters. The van der Waals surface area contributed by atoms with Crippen LogP contribution in [0.25, 0.3) is 5.65 Å². The molecular formula is C30H36F3IN6O4. The summed E-state index contributed by atoms with van der Waals surface area (Å²) >= 11 is 2.18. The van der Waals surface area contributed by atoms with E-state index in [0.717, 1.165) is 9.64 Å². The number of halogens is 4. The van der Waals surface area contributed by atoms with Crippen LogP contribution in [0.1, 0.15) is 61.7 Å². The van der Waals surface area contributed by atoms with Crippen molar-refractivity contribution in [2.24, 2.45) is 0 Å². The highest BCUT2D eigenvalue weighted by Gasteiger charge is 2.37. The molecule has 238 valence electrons. The third-order valence-corrected chi connectivity index (χ3v) is 8.55. The summed E-state index contributed by atoms with van der Waals surface area (Å²) in [5.41, 5.74) is 0.824. The molecule has 4 heterocycles. The van der Waals surface area contributed by atoms with E-state index in [1.165, 1.54) is 17.9 Å². The van der Waals surface area contributed by atoms with Crippen molar-refractivity contribution < 1.29 is 32.2 Å². The molecule has 3 aromatic rings. The number of fused-ring (bicyclic) bond motifs is 1. The van der Waals surface area contributed by atoms with Gasteiger partial charge in [0.25, 0.3) is 0 Å². The Morgan fingerprint density at radius 2 is 1.89 bits per heavy atom. The average molecular weight is 729 g/mol. The number of morpholine rings is 1. The molecule has 2 aliphatic heterocycles. The van der Waals surface area contributed by atoms with Crippen LogP contribution in [0.4, 0.5) is 23.8 Å². The number of anilines is 1. The predicted molar refractivity (Wildman–Crippen MR) is 166 cm³/mol. The van der Waals surface area contributed by atoms with Crippen molar-refractivity contribution >= 4 is 46.1 Å². The minimum absolute atomic E-state index is 0.0111. The van der Waals surface area contributed by atoms with E-state index in [1.54, 1.807) is 31.4 Å². The van der Waals surface area contributed by atoms with Gasteiger partial charge < -0.3 is 19.7 Å². The van der Waals surface area contributed by atoms with Crippen LogP contribution >= 0.6 is 22.6 Å². The van der Waals surface area contributed by atoms with Crippen LogP contribution in [0.2, 0.25) is 0 Å². The van der Waals surface area contributed by atoms with Crippen LogP contribution < -0.4 is 10.2 Å². The van der Waals surface area contributed by atoms with E-state index in [4.69, 9.17) is 19.6 Å². The van der Waals surface area contributed by atoms with Crippen LogP contribution in [-0.2, 0) is 33.4 Å². The van der Waals surface area contributed by atoms with Gasteiger partial charge in [-0.3, -0.25) is 9.69 Å². The Labute approximate surface area is 267 Å². The van der Waals surface area contributed by atoms with Gasteiger partial charge in [0.15, 0.2) is 11.5 Å². The van der Waals surface area contributed by atoms with E-state index in [0.29, 0.717) is 74.1 Å². The number of carbonyl (C=O) groups excluding carboxylic acids is 2. The number of hydrogen-bond acceptors (Lipinski definition) is 7. The zero-order valence-corrected chi connectivity index (χ0v) is 27.3. The highest BCUT2D eigenvalue weighted by molar-refractivity contribution is 14.1. The Morgan fingerprint density at radius 3 is 2.57 bits per heavy atom. The zero-order valence-electron chi connectivity index (χ0n) is 25.1. The first-order chi connectivity index (χ1) is 20.7. The quantitative estimate of drug-likeness (QED) is 0.353. The number of nitrogens with one attached hydrogen (secondary N) is 1. The van der Waals surface area contributed by atoms with Gasteiger partial charge >= 0.3 is 12.3 Å². The number of carbonyl (C=O) groups is 2. The second kappa shape index (κ2) is 12.7. The third-order valence-electron chi connectivity index (χ3n) is 7.76. The molecule has 2 saturated heterocycles. The fourth-order valence-electron chi connectivity index (χ4n) is 5.56. The van der Waals surface area contributed by atoms with E-state index < -0.39 is 29.5 Å². The first kappa shape index (κ1) is 32.3. The number of benzene rings is 1. The molecule has 2 fully saturated rings. The summed E-state index contributed by atoms with van der Waals surface area (Å²) in [6, 6.07) is 5.37. The summed E-state index contributed by atoms with van der Waals surface area (Å²) in [4.78, 5) is 34.5. The van der Waals surface area contributed by atoms with E-state index in [1.807, 2.05) is 6.07 Å². The molecule has 10 nitrogen and oxygen atoms in total. The molecule has 0 saturated carbocycles. The lowest BCUT2D eigenvalue weighted by atomic mass is 9.98. The fourth-order valence-corrected chi connectivity index (χ4v) is 6.18. The lowest BCUT2D eigenvalue weighted by Gasteiger charge is -2.28. The standard InChI is InChI=1S/C30H36F3IN6O4/c1-18-19(7-5-8-20(18)30(31,32)33)15-24-22(17-35-27(41)23-9-6-10-39(23)28(42)44-29(2,3)4)36-26-21(34)16-25(37-40(24)26)38-11-13-43-14-12-38/h5,7-8,16,23H,6,9-15,17H2,1-4H3,(H,35,41)/t23-/m1/s1. The van der Waals surface area contributed by atoms with Gasteiger partial charge in [-0.25, -0.2) is 14.3 Å². The molecule has 0 unspecified atom stereocenters. The lowest BCUT2D eigenvalue weighted by Crippen LogP contribution is -2.47. The molecule has 0 aliphatic carbocycles. The number of imidazole rings is 1. The summed E-state index contributed by atoms with van der Waals surface area (Å²) in [5.74, 6) is 0.363.